The first-order chi connectivity index (χ1) is 8.83. The molecule has 2 aromatic rings. The smallest absolute Gasteiger partial charge is 0.248 e. The Labute approximate surface area is 105 Å². The summed E-state index contributed by atoms with van der Waals surface area (Å²) in [7, 11) is 2.10. The summed E-state index contributed by atoms with van der Waals surface area (Å²) >= 11 is 0. The minimum absolute atomic E-state index is 0.548. The summed E-state index contributed by atoms with van der Waals surface area (Å²) in [6.45, 7) is 1.96. The molecule has 0 spiro atoms. The molecule has 92 valence electrons. The van der Waals surface area contributed by atoms with Gasteiger partial charge in [0.15, 0.2) is 0 Å². The maximum atomic E-state index is 5.71. The molecular weight excluding hydrogens is 228 g/mol. The van der Waals surface area contributed by atoms with E-state index < -0.39 is 0 Å². The van der Waals surface area contributed by atoms with Crippen molar-refractivity contribution in [1.82, 2.24) is 20.1 Å². The highest BCUT2D eigenvalue weighted by atomic mass is 16.4. The van der Waals surface area contributed by atoms with E-state index in [0.29, 0.717) is 11.8 Å². The molecule has 0 saturated carbocycles. The Morgan fingerprint density at radius 2 is 1.94 bits per heavy atom. The van der Waals surface area contributed by atoms with Gasteiger partial charge in [-0.25, -0.2) is 0 Å². The zero-order chi connectivity index (χ0) is 12.4. The molecule has 3 rings (SSSR count). The number of rotatable bonds is 2. The molecule has 0 radical (unpaired) electrons. The third kappa shape index (κ3) is 2.17. The molecule has 0 amide bonds. The van der Waals surface area contributed by atoms with E-state index in [1.165, 1.54) is 0 Å². The van der Waals surface area contributed by atoms with E-state index in [1.807, 2.05) is 12.1 Å². The number of pyridine rings is 1. The highest BCUT2D eigenvalue weighted by Gasteiger charge is 2.15. The summed E-state index contributed by atoms with van der Waals surface area (Å²) in [5.74, 6) is 1.18. The van der Waals surface area contributed by atoms with Crippen molar-refractivity contribution in [2.45, 2.75) is 6.42 Å². The van der Waals surface area contributed by atoms with Gasteiger partial charge in [0.2, 0.25) is 11.8 Å². The second-order valence-corrected chi connectivity index (χ2v) is 4.39. The van der Waals surface area contributed by atoms with Crippen LogP contribution in [0.15, 0.2) is 35.0 Å². The molecule has 0 atom stereocenters. The maximum Gasteiger partial charge on any atom is 0.248 e. The summed E-state index contributed by atoms with van der Waals surface area (Å²) in [6.07, 6.45) is 6.53. The topological polar surface area (TPSA) is 55.1 Å². The first kappa shape index (κ1) is 11.1. The largest absolute Gasteiger partial charge is 0.416 e. The molecule has 18 heavy (non-hydrogen) atoms. The lowest BCUT2D eigenvalue weighted by Crippen LogP contribution is -2.23. The summed E-state index contributed by atoms with van der Waals surface area (Å²) in [5.41, 5.74) is 2.04. The van der Waals surface area contributed by atoms with Crippen molar-refractivity contribution in [3.05, 3.63) is 36.5 Å². The second-order valence-electron chi connectivity index (χ2n) is 4.39. The quantitative estimate of drug-likeness (QED) is 0.804. The average Bonchev–Trinajstić information content (AvgIpc) is 2.90. The Morgan fingerprint density at radius 3 is 2.67 bits per heavy atom. The van der Waals surface area contributed by atoms with Crippen molar-refractivity contribution < 1.29 is 4.42 Å². The lowest BCUT2D eigenvalue weighted by atomic mass is 10.1. The number of hydrogen-bond donors (Lipinski definition) is 0. The predicted molar refractivity (Wildman–Crippen MR) is 67.6 cm³/mol. The first-order valence-corrected chi connectivity index (χ1v) is 5.95. The summed E-state index contributed by atoms with van der Waals surface area (Å²) in [5, 5.41) is 8.20. The van der Waals surface area contributed by atoms with Crippen molar-refractivity contribution in [2.75, 3.05) is 20.1 Å². The summed E-state index contributed by atoms with van der Waals surface area (Å²) in [6, 6.07) is 3.72. The van der Waals surface area contributed by atoms with E-state index in [4.69, 9.17) is 4.42 Å². The zero-order valence-electron chi connectivity index (χ0n) is 10.2. The van der Waals surface area contributed by atoms with E-state index in [9.17, 15) is 0 Å². The molecule has 0 unspecified atom stereocenters. The van der Waals surface area contributed by atoms with Crippen LogP contribution in [0.2, 0.25) is 0 Å². The minimum Gasteiger partial charge on any atom is -0.416 e. The molecule has 0 N–H and O–H groups in total. The van der Waals surface area contributed by atoms with Crippen molar-refractivity contribution in [3.63, 3.8) is 0 Å². The Balaban J connectivity index is 1.86. The van der Waals surface area contributed by atoms with Crippen LogP contribution in [0, 0.1) is 0 Å². The van der Waals surface area contributed by atoms with Gasteiger partial charge in [0, 0.05) is 36.6 Å². The molecule has 1 aliphatic heterocycles. The fourth-order valence-electron chi connectivity index (χ4n) is 1.93. The predicted octanol–water partition coefficient (Wildman–Crippen LogP) is 1.85. The van der Waals surface area contributed by atoms with E-state index >= 15 is 0 Å². The normalized spacial score (nSPS) is 16.6. The lowest BCUT2D eigenvalue weighted by Gasteiger charge is -2.19. The highest BCUT2D eigenvalue weighted by molar-refractivity contribution is 5.61. The Hall–Kier alpha value is -2.01. The van der Waals surface area contributed by atoms with Gasteiger partial charge in [0.25, 0.3) is 0 Å². The lowest BCUT2D eigenvalue weighted by molar-refractivity contribution is 0.367. The number of likely N-dealkylation sites (N-methyl/N-ethyl adjacent to an activating group) is 1. The molecule has 5 nitrogen and oxygen atoms in total. The minimum atomic E-state index is 0.548. The van der Waals surface area contributed by atoms with E-state index in [2.05, 4.69) is 33.2 Å². The van der Waals surface area contributed by atoms with Crippen LogP contribution in [-0.4, -0.2) is 40.2 Å². The van der Waals surface area contributed by atoms with Gasteiger partial charge in [0.05, 0.1) is 0 Å². The number of nitrogens with zero attached hydrogens (tertiary/aromatic N) is 4. The summed E-state index contributed by atoms with van der Waals surface area (Å²) < 4.78 is 5.71. The van der Waals surface area contributed by atoms with Crippen LogP contribution in [0.1, 0.15) is 12.3 Å². The van der Waals surface area contributed by atoms with Crippen LogP contribution in [-0.2, 0) is 0 Å². The molecule has 0 bridgehead atoms. The van der Waals surface area contributed by atoms with Crippen LogP contribution in [0.5, 0.6) is 0 Å². The van der Waals surface area contributed by atoms with Gasteiger partial charge in [-0.15, -0.1) is 10.2 Å². The third-order valence-electron chi connectivity index (χ3n) is 3.04. The van der Waals surface area contributed by atoms with E-state index in [-0.39, 0.29) is 0 Å². The third-order valence-corrected chi connectivity index (χ3v) is 3.04. The van der Waals surface area contributed by atoms with Crippen LogP contribution in [0.25, 0.3) is 17.0 Å². The maximum absolute atomic E-state index is 5.71. The van der Waals surface area contributed by atoms with Gasteiger partial charge in [0.1, 0.15) is 0 Å². The van der Waals surface area contributed by atoms with Gasteiger partial charge >= 0.3 is 0 Å². The Morgan fingerprint density at radius 1 is 1.17 bits per heavy atom. The van der Waals surface area contributed by atoms with Crippen LogP contribution >= 0.6 is 0 Å². The van der Waals surface area contributed by atoms with Crippen molar-refractivity contribution in [2.24, 2.45) is 0 Å². The molecule has 1 aliphatic rings. The molecule has 3 heterocycles. The standard InChI is InChI=1S/C13H14N4O/c1-17-8-4-11(5-9-17)13-16-15-12(18-13)10-2-6-14-7-3-10/h2-4,6-7H,5,8-9H2,1H3. The second kappa shape index (κ2) is 4.70. The van der Waals surface area contributed by atoms with Crippen LogP contribution in [0.4, 0.5) is 0 Å². The first-order valence-electron chi connectivity index (χ1n) is 5.95. The molecule has 2 aromatic heterocycles. The number of hydrogen-bond acceptors (Lipinski definition) is 5. The van der Waals surface area contributed by atoms with E-state index in [0.717, 1.165) is 30.6 Å². The zero-order valence-corrected chi connectivity index (χ0v) is 10.2. The van der Waals surface area contributed by atoms with E-state index in [1.54, 1.807) is 12.4 Å². The fourth-order valence-corrected chi connectivity index (χ4v) is 1.93. The molecule has 5 heteroatoms. The van der Waals surface area contributed by atoms with Crippen molar-refractivity contribution in [3.8, 4) is 11.5 Å². The average molecular weight is 242 g/mol. The van der Waals surface area contributed by atoms with Gasteiger partial charge in [-0.2, -0.15) is 0 Å². The fraction of sp³-hybridized carbons (Fsp3) is 0.308. The Bertz CT molecular complexity index is 561. The Kier molecular flexibility index (Phi) is 2.90. The molecule has 0 saturated heterocycles. The van der Waals surface area contributed by atoms with Crippen molar-refractivity contribution in [1.29, 1.82) is 0 Å². The monoisotopic (exact) mass is 242 g/mol. The van der Waals surface area contributed by atoms with Crippen molar-refractivity contribution >= 4 is 5.57 Å². The molecular formula is C13H14N4O. The van der Waals surface area contributed by atoms with Gasteiger partial charge in [-0.3, -0.25) is 4.98 Å². The molecule has 0 aliphatic carbocycles. The van der Waals surface area contributed by atoms with Crippen LogP contribution < -0.4 is 0 Å². The highest BCUT2D eigenvalue weighted by Crippen LogP contribution is 2.24. The van der Waals surface area contributed by atoms with Gasteiger partial charge in [-0.05, 0) is 25.6 Å². The van der Waals surface area contributed by atoms with Gasteiger partial charge < -0.3 is 9.32 Å². The number of aromatic nitrogens is 3. The molecule has 0 aromatic carbocycles. The summed E-state index contributed by atoms with van der Waals surface area (Å²) in [4.78, 5) is 6.22. The molecule has 0 fully saturated rings. The van der Waals surface area contributed by atoms with Crippen LogP contribution in [0.3, 0.4) is 0 Å². The van der Waals surface area contributed by atoms with Gasteiger partial charge in [-0.1, -0.05) is 6.08 Å². The SMILES string of the molecule is CN1CC=C(c2nnc(-c3ccncc3)o2)CC1.